The minimum absolute atomic E-state index is 0.0874. The van der Waals surface area contributed by atoms with Gasteiger partial charge in [0.05, 0.1) is 51.6 Å². The molecule has 0 atom stereocenters. The molecule has 0 saturated carbocycles. The van der Waals surface area contributed by atoms with Gasteiger partial charge >= 0.3 is 0 Å². The molecular formula is C22H24NO5+. The van der Waals surface area contributed by atoms with Gasteiger partial charge in [0, 0.05) is 11.8 Å². The second kappa shape index (κ2) is 7.20. The van der Waals surface area contributed by atoms with E-state index in [0.29, 0.717) is 23.0 Å². The van der Waals surface area contributed by atoms with E-state index < -0.39 is 0 Å². The number of pyridine rings is 1. The number of rotatable bonds is 5. The fourth-order valence-corrected chi connectivity index (χ4v) is 4.11. The van der Waals surface area contributed by atoms with Crippen LogP contribution in [0.15, 0.2) is 30.5 Å². The molecule has 0 unspecified atom stereocenters. The Morgan fingerprint density at radius 1 is 0.893 bits per heavy atom. The molecule has 1 aliphatic heterocycles. The number of aliphatic hydroxyl groups is 1. The summed E-state index contributed by atoms with van der Waals surface area (Å²) in [5.41, 5.74) is 4.06. The van der Waals surface area contributed by atoms with E-state index >= 15 is 0 Å². The first kappa shape index (κ1) is 18.4. The summed E-state index contributed by atoms with van der Waals surface area (Å²) in [6.45, 7) is 0.705. The van der Waals surface area contributed by atoms with Crippen LogP contribution in [0.25, 0.3) is 22.0 Å². The minimum Gasteiger partial charge on any atom is -0.493 e. The molecule has 0 bridgehead atoms. The summed E-state index contributed by atoms with van der Waals surface area (Å²) in [6, 6.07) is 7.86. The number of hydrogen-bond donors (Lipinski definition) is 1. The maximum Gasteiger partial charge on any atom is 0.219 e. The molecule has 0 fully saturated rings. The number of fused-ring (bicyclic) bond motifs is 4. The molecule has 1 aliphatic rings. The Kier molecular flexibility index (Phi) is 4.73. The van der Waals surface area contributed by atoms with Crippen molar-refractivity contribution in [3.63, 3.8) is 0 Å². The molecule has 0 aliphatic carbocycles. The first-order valence-corrected chi connectivity index (χ1v) is 9.12. The Labute approximate surface area is 163 Å². The van der Waals surface area contributed by atoms with Crippen LogP contribution in [0.5, 0.6) is 23.0 Å². The number of aryl methyl sites for hydroxylation is 2. The van der Waals surface area contributed by atoms with Crippen molar-refractivity contribution < 1.29 is 28.6 Å². The predicted octanol–water partition coefficient (Wildman–Crippen LogP) is 2.88. The van der Waals surface area contributed by atoms with Crippen molar-refractivity contribution in [1.29, 1.82) is 0 Å². The number of ether oxygens (including phenoxy) is 4. The van der Waals surface area contributed by atoms with Crippen molar-refractivity contribution in [3.8, 4) is 34.3 Å². The number of benzene rings is 2. The molecule has 6 heteroatoms. The summed E-state index contributed by atoms with van der Waals surface area (Å²) in [5.74, 6) is 2.73. The third kappa shape index (κ3) is 2.64. The molecule has 0 amide bonds. The van der Waals surface area contributed by atoms with E-state index in [1.54, 1.807) is 28.4 Å². The summed E-state index contributed by atoms with van der Waals surface area (Å²) in [4.78, 5) is 0. The van der Waals surface area contributed by atoms with E-state index in [4.69, 9.17) is 18.9 Å². The lowest BCUT2D eigenvalue weighted by Gasteiger charge is -2.21. The predicted molar refractivity (Wildman–Crippen MR) is 105 cm³/mol. The van der Waals surface area contributed by atoms with E-state index in [2.05, 4.69) is 10.8 Å². The summed E-state index contributed by atoms with van der Waals surface area (Å²) in [7, 11) is 6.53. The van der Waals surface area contributed by atoms with Gasteiger partial charge in [-0.2, -0.15) is 4.57 Å². The highest BCUT2D eigenvalue weighted by Crippen LogP contribution is 2.42. The largest absolute Gasteiger partial charge is 0.493 e. The molecule has 6 nitrogen and oxygen atoms in total. The van der Waals surface area contributed by atoms with Gasteiger partial charge in [0.1, 0.15) is 0 Å². The maximum absolute atomic E-state index is 10.3. The molecule has 0 radical (unpaired) electrons. The standard InChI is InChI=1S/C22H24NO5/c1-25-18-6-5-14-16(22(18)28-4)11-23-8-7-13-9-19(26-2)20(27-3)10-15(13)21(23)17(14)12-24/h5-6,9-11,24H,7-8,12H2,1-4H3/q+1. The molecule has 2 aromatic carbocycles. The van der Waals surface area contributed by atoms with E-state index in [1.165, 1.54) is 5.56 Å². The maximum atomic E-state index is 10.3. The molecule has 2 heterocycles. The molecule has 1 N–H and O–H groups in total. The number of hydrogen-bond acceptors (Lipinski definition) is 5. The highest BCUT2D eigenvalue weighted by Gasteiger charge is 2.31. The highest BCUT2D eigenvalue weighted by atomic mass is 16.5. The molecule has 1 aromatic heterocycles. The van der Waals surface area contributed by atoms with E-state index in [0.717, 1.165) is 40.6 Å². The monoisotopic (exact) mass is 382 g/mol. The zero-order chi connectivity index (χ0) is 19.8. The van der Waals surface area contributed by atoms with Crippen LogP contribution in [0, 0.1) is 0 Å². The van der Waals surface area contributed by atoms with Crippen molar-refractivity contribution in [1.82, 2.24) is 0 Å². The normalized spacial score (nSPS) is 12.3. The SMILES string of the molecule is COc1cc2c(cc1OC)-c1c(CO)c3ccc(OC)c(OC)c3c[n+]1CC2. The number of nitrogens with zero attached hydrogens (tertiary/aromatic N) is 1. The molecule has 28 heavy (non-hydrogen) atoms. The zero-order valence-electron chi connectivity index (χ0n) is 16.5. The molecule has 3 aromatic rings. The summed E-state index contributed by atoms with van der Waals surface area (Å²) >= 11 is 0. The lowest BCUT2D eigenvalue weighted by Crippen LogP contribution is -2.41. The average Bonchev–Trinajstić information content (AvgIpc) is 2.75. The fraction of sp³-hybridized carbons (Fsp3) is 0.318. The third-order valence-electron chi connectivity index (χ3n) is 5.41. The Balaban J connectivity index is 2.06. The number of methoxy groups -OCH3 is 4. The van der Waals surface area contributed by atoms with Crippen LogP contribution in [-0.4, -0.2) is 33.5 Å². The summed E-state index contributed by atoms with van der Waals surface area (Å²) in [5, 5.41) is 12.1. The van der Waals surface area contributed by atoms with Gasteiger partial charge in [-0.25, -0.2) is 0 Å². The minimum atomic E-state index is -0.0874. The van der Waals surface area contributed by atoms with Gasteiger partial charge in [0.15, 0.2) is 35.7 Å². The van der Waals surface area contributed by atoms with Crippen molar-refractivity contribution in [2.75, 3.05) is 28.4 Å². The van der Waals surface area contributed by atoms with Gasteiger partial charge in [-0.1, -0.05) is 0 Å². The van der Waals surface area contributed by atoms with Crippen LogP contribution >= 0.6 is 0 Å². The second-order valence-electron chi connectivity index (χ2n) is 6.68. The van der Waals surface area contributed by atoms with E-state index in [1.807, 2.05) is 24.3 Å². The molecule has 0 spiro atoms. The van der Waals surface area contributed by atoms with E-state index in [-0.39, 0.29) is 6.61 Å². The second-order valence-corrected chi connectivity index (χ2v) is 6.68. The topological polar surface area (TPSA) is 61.0 Å². The third-order valence-corrected chi connectivity index (χ3v) is 5.41. The van der Waals surface area contributed by atoms with Crippen LogP contribution in [0.1, 0.15) is 11.1 Å². The van der Waals surface area contributed by atoms with Crippen molar-refractivity contribution in [3.05, 3.63) is 41.6 Å². The van der Waals surface area contributed by atoms with Crippen molar-refractivity contribution in [2.45, 2.75) is 19.6 Å². The highest BCUT2D eigenvalue weighted by molar-refractivity contribution is 5.95. The van der Waals surface area contributed by atoms with E-state index in [9.17, 15) is 5.11 Å². The van der Waals surface area contributed by atoms with Gasteiger partial charge in [0.25, 0.3) is 0 Å². The average molecular weight is 382 g/mol. The number of aromatic nitrogens is 1. The Hall–Kier alpha value is -2.99. The van der Waals surface area contributed by atoms with Gasteiger partial charge in [-0.05, 0) is 29.8 Å². The van der Waals surface area contributed by atoms with Crippen LogP contribution in [0.2, 0.25) is 0 Å². The summed E-state index contributed by atoms with van der Waals surface area (Å²) < 4.78 is 24.2. The lowest BCUT2D eigenvalue weighted by atomic mass is 9.91. The molecule has 0 saturated heterocycles. The molecule has 4 rings (SSSR count). The van der Waals surface area contributed by atoms with Crippen LogP contribution in [-0.2, 0) is 19.6 Å². The molecule has 146 valence electrons. The quantitative estimate of drug-likeness (QED) is 0.688. The first-order valence-electron chi connectivity index (χ1n) is 9.12. The van der Waals surface area contributed by atoms with Gasteiger partial charge in [-0.3, -0.25) is 0 Å². The summed E-state index contributed by atoms with van der Waals surface area (Å²) in [6.07, 6.45) is 2.93. The van der Waals surface area contributed by atoms with Crippen LogP contribution in [0.3, 0.4) is 0 Å². The van der Waals surface area contributed by atoms with Gasteiger partial charge in [0.2, 0.25) is 5.69 Å². The Morgan fingerprint density at radius 3 is 2.25 bits per heavy atom. The fourth-order valence-electron chi connectivity index (χ4n) is 4.11. The smallest absolute Gasteiger partial charge is 0.219 e. The van der Waals surface area contributed by atoms with Gasteiger partial charge in [-0.15, -0.1) is 0 Å². The Bertz CT molecular complexity index is 1060. The number of aliphatic hydroxyl groups excluding tert-OH is 1. The van der Waals surface area contributed by atoms with Crippen LogP contribution < -0.4 is 23.5 Å². The van der Waals surface area contributed by atoms with Crippen LogP contribution in [0.4, 0.5) is 0 Å². The lowest BCUT2D eigenvalue weighted by molar-refractivity contribution is -0.686. The Morgan fingerprint density at radius 2 is 1.61 bits per heavy atom. The van der Waals surface area contributed by atoms with Gasteiger partial charge < -0.3 is 24.1 Å². The first-order chi connectivity index (χ1) is 13.7. The zero-order valence-corrected chi connectivity index (χ0v) is 16.5. The van der Waals surface area contributed by atoms with Crippen molar-refractivity contribution in [2.24, 2.45) is 0 Å². The van der Waals surface area contributed by atoms with Crippen molar-refractivity contribution >= 4 is 10.8 Å². The molecular weight excluding hydrogens is 358 g/mol.